The summed E-state index contributed by atoms with van der Waals surface area (Å²) in [5, 5.41) is 17.7. The monoisotopic (exact) mass is 410 g/mol. The Labute approximate surface area is 163 Å². The number of ether oxygens (including phenoxy) is 1. The van der Waals surface area contributed by atoms with E-state index in [0.29, 0.717) is 5.56 Å². The number of sulfone groups is 1. The lowest BCUT2D eigenvalue weighted by molar-refractivity contribution is -0.131. The maximum absolute atomic E-state index is 12.2. The summed E-state index contributed by atoms with van der Waals surface area (Å²) >= 11 is 0. The topological polar surface area (TPSA) is 135 Å². The van der Waals surface area contributed by atoms with Gasteiger partial charge in [0.1, 0.15) is 6.10 Å². The van der Waals surface area contributed by atoms with E-state index in [2.05, 4.69) is 23.7 Å². The van der Waals surface area contributed by atoms with Gasteiger partial charge in [0.25, 0.3) is 11.5 Å². The number of aliphatic hydroxyl groups excluding tert-OH is 1. The van der Waals surface area contributed by atoms with E-state index < -0.39 is 32.2 Å². The van der Waals surface area contributed by atoms with E-state index in [1.165, 1.54) is 36.3 Å². The maximum atomic E-state index is 12.2. The number of nitrogens with zero attached hydrogens (tertiary/aromatic N) is 1. The van der Waals surface area contributed by atoms with Crippen LogP contribution in [0.15, 0.2) is 23.1 Å². The van der Waals surface area contributed by atoms with Crippen molar-refractivity contribution in [3.05, 3.63) is 34.2 Å². The molecule has 0 spiro atoms. The number of hydrogen-bond acceptors (Lipinski definition) is 7. The number of hydrogen-bond donors (Lipinski definition) is 3. The molecular formula is C18H22N2O7S. The number of carbonyl (C=O) groups is 1. The molecule has 1 amide bonds. The molecule has 1 aromatic heterocycles. The van der Waals surface area contributed by atoms with Crippen LogP contribution in [0, 0.1) is 23.7 Å². The number of aryl methyl sites for hydroxylation is 1. The summed E-state index contributed by atoms with van der Waals surface area (Å²) in [4.78, 5) is 24.0. The average molecular weight is 410 g/mol. The second kappa shape index (κ2) is 10.1. The fourth-order valence-corrected chi connectivity index (χ4v) is 2.93. The van der Waals surface area contributed by atoms with Crippen LogP contribution >= 0.6 is 0 Å². The van der Waals surface area contributed by atoms with Crippen LogP contribution < -0.4 is 11.0 Å². The van der Waals surface area contributed by atoms with Gasteiger partial charge in [-0.15, -0.1) is 0 Å². The van der Waals surface area contributed by atoms with Gasteiger partial charge < -0.3 is 14.4 Å². The fourth-order valence-electron chi connectivity index (χ4n) is 2.09. The molecule has 10 heteroatoms. The fraction of sp³-hybridized carbons (Fsp3) is 0.444. The molecule has 152 valence electrons. The highest BCUT2D eigenvalue weighted by atomic mass is 32.2. The van der Waals surface area contributed by atoms with Crippen molar-refractivity contribution in [3.63, 3.8) is 0 Å². The first-order chi connectivity index (χ1) is 13.1. The van der Waals surface area contributed by atoms with Gasteiger partial charge in [0.05, 0.1) is 6.61 Å². The molecular weight excluding hydrogens is 388 g/mol. The number of nitrogens with one attached hydrogen (secondary N) is 1. The van der Waals surface area contributed by atoms with Crippen molar-refractivity contribution in [2.75, 3.05) is 20.0 Å². The minimum atomic E-state index is -3.85. The van der Waals surface area contributed by atoms with Gasteiger partial charge in [0.15, 0.2) is 14.6 Å². The molecule has 0 aromatic carbocycles. The molecule has 9 nitrogen and oxygen atoms in total. The molecule has 3 N–H and O–H groups in total. The van der Waals surface area contributed by atoms with Crippen molar-refractivity contribution in [2.24, 2.45) is 0 Å². The van der Waals surface area contributed by atoms with Crippen LogP contribution in [0.5, 0.6) is 0 Å². The van der Waals surface area contributed by atoms with Gasteiger partial charge in [-0.3, -0.25) is 14.8 Å². The summed E-state index contributed by atoms with van der Waals surface area (Å²) in [6, 6.07) is 2.79. The predicted octanol–water partition coefficient (Wildman–Crippen LogP) is -1.09. The van der Waals surface area contributed by atoms with Crippen molar-refractivity contribution in [1.29, 1.82) is 0 Å². The molecule has 0 fully saturated rings. The van der Waals surface area contributed by atoms with Crippen molar-refractivity contribution < 1.29 is 28.3 Å². The van der Waals surface area contributed by atoms with Crippen molar-refractivity contribution in [1.82, 2.24) is 10.0 Å². The molecule has 2 unspecified atom stereocenters. The smallest absolute Gasteiger partial charge is 0.264 e. The number of methoxy groups -OCH3 is 1. The van der Waals surface area contributed by atoms with Crippen LogP contribution in [0.4, 0.5) is 0 Å². The summed E-state index contributed by atoms with van der Waals surface area (Å²) in [5.74, 6) is 9.24. The number of aliphatic hydroxyl groups is 1. The Morgan fingerprint density at radius 1 is 1.43 bits per heavy atom. The largest absolute Gasteiger partial charge is 0.393 e. The van der Waals surface area contributed by atoms with Gasteiger partial charge in [0, 0.05) is 37.7 Å². The zero-order valence-electron chi connectivity index (χ0n) is 15.7. The van der Waals surface area contributed by atoms with Crippen LogP contribution in [-0.2, 0) is 25.9 Å². The average Bonchev–Trinajstić information content (AvgIpc) is 2.65. The van der Waals surface area contributed by atoms with E-state index in [-0.39, 0.29) is 19.6 Å². The summed E-state index contributed by atoms with van der Waals surface area (Å²) in [5.41, 5.74) is 1.31. The highest BCUT2D eigenvalue weighted by molar-refractivity contribution is 7.92. The number of aromatic nitrogens is 1. The third kappa shape index (κ3) is 5.94. The van der Waals surface area contributed by atoms with Gasteiger partial charge in [-0.1, -0.05) is 11.8 Å². The normalized spacial score (nSPS) is 13.9. The SMILES string of the molecule is COC(C#CC#Cc1ccn(CCC(C)(C(=O)NO)S(C)(=O)=O)c(=O)c1)CO. The van der Waals surface area contributed by atoms with Crippen LogP contribution in [-0.4, -0.2) is 60.0 Å². The Kier molecular flexibility index (Phi) is 8.41. The zero-order chi connectivity index (χ0) is 21.4. The third-order valence-corrected chi connectivity index (χ3v) is 6.21. The van der Waals surface area contributed by atoms with Crippen LogP contribution in [0.1, 0.15) is 18.9 Å². The third-order valence-electron chi connectivity index (χ3n) is 4.18. The second-order valence-corrected chi connectivity index (χ2v) is 8.51. The molecule has 1 rings (SSSR count). The first-order valence-electron chi connectivity index (χ1n) is 8.09. The van der Waals surface area contributed by atoms with Crippen molar-refractivity contribution in [2.45, 2.75) is 30.7 Å². The first-order valence-corrected chi connectivity index (χ1v) is 9.98. The van der Waals surface area contributed by atoms with Crippen molar-refractivity contribution in [3.8, 4) is 23.7 Å². The molecule has 28 heavy (non-hydrogen) atoms. The molecule has 0 aliphatic carbocycles. The second-order valence-electron chi connectivity index (χ2n) is 6.07. The highest BCUT2D eigenvalue weighted by Gasteiger charge is 2.43. The van der Waals surface area contributed by atoms with Crippen LogP contribution in [0.2, 0.25) is 0 Å². The molecule has 1 heterocycles. The Morgan fingerprint density at radius 2 is 2.11 bits per heavy atom. The molecule has 0 saturated heterocycles. The van der Waals surface area contributed by atoms with E-state index in [9.17, 15) is 18.0 Å². The van der Waals surface area contributed by atoms with Gasteiger partial charge in [-0.05, 0) is 31.3 Å². The van der Waals surface area contributed by atoms with E-state index in [4.69, 9.17) is 15.1 Å². The Morgan fingerprint density at radius 3 is 2.61 bits per heavy atom. The predicted molar refractivity (Wildman–Crippen MR) is 101 cm³/mol. The lowest BCUT2D eigenvalue weighted by Gasteiger charge is -2.25. The molecule has 0 saturated carbocycles. The highest BCUT2D eigenvalue weighted by Crippen LogP contribution is 2.21. The van der Waals surface area contributed by atoms with E-state index in [1.807, 2.05) is 0 Å². The van der Waals surface area contributed by atoms with E-state index in [0.717, 1.165) is 6.26 Å². The van der Waals surface area contributed by atoms with Crippen molar-refractivity contribution >= 4 is 15.7 Å². The summed E-state index contributed by atoms with van der Waals surface area (Å²) in [7, 11) is -2.44. The molecule has 1 aromatic rings. The van der Waals surface area contributed by atoms with Gasteiger partial charge in [-0.25, -0.2) is 13.9 Å². The molecule has 0 aliphatic heterocycles. The standard InChI is InChI=1S/C18H22N2O7S/c1-18(17(23)19-24,28(3,25)26)9-11-20-10-8-14(12-16(20)22)6-4-5-7-15(13-21)27-2/h8,10,12,15,21,24H,9,11,13H2,1-3H3,(H,19,23). The maximum Gasteiger partial charge on any atom is 0.264 e. The van der Waals surface area contributed by atoms with Gasteiger partial charge >= 0.3 is 0 Å². The first kappa shape index (κ1) is 23.4. The van der Waals surface area contributed by atoms with Crippen LogP contribution in [0.3, 0.4) is 0 Å². The minimum absolute atomic E-state index is 0.0602. The molecule has 0 bridgehead atoms. The number of pyridine rings is 1. The molecule has 0 aliphatic rings. The quantitative estimate of drug-likeness (QED) is 0.295. The Hall–Kier alpha value is -2.63. The van der Waals surface area contributed by atoms with Gasteiger partial charge in [-0.2, -0.15) is 0 Å². The number of carbonyl (C=O) groups excluding carboxylic acids is 1. The number of hydroxylamine groups is 1. The summed E-state index contributed by atoms with van der Waals surface area (Å²) in [6.07, 6.45) is 1.46. The summed E-state index contributed by atoms with van der Waals surface area (Å²) < 4.78 is 28.1. The Bertz CT molecular complexity index is 988. The molecule has 0 radical (unpaired) electrons. The minimum Gasteiger partial charge on any atom is -0.393 e. The molecule has 2 atom stereocenters. The van der Waals surface area contributed by atoms with Crippen LogP contribution in [0.25, 0.3) is 0 Å². The number of rotatable bonds is 7. The lowest BCUT2D eigenvalue weighted by Crippen LogP contribution is -2.49. The lowest BCUT2D eigenvalue weighted by atomic mass is 10.1. The zero-order valence-corrected chi connectivity index (χ0v) is 16.5. The Balaban J connectivity index is 2.97. The number of amides is 1. The summed E-state index contributed by atoms with van der Waals surface area (Å²) in [6.45, 7) is 0.856. The van der Waals surface area contributed by atoms with E-state index >= 15 is 0 Å². The van der Waals surface area contributed by atoms with E-state index in [1.54, 1.807) is 6.07 Å². The van der Waals surface area contributed by atoms with Gasteiger partial charge in [0.2, 0.25) is 0 Å².